The maximum Gasteiger partial charge on any atom is 0.311 e. The number of benzene rings is 1. The molecule has 0 aliphatic carbocycles. The van der Waals surface area contributed by atoms with Crippen molar-refractivity contribution in [2.75, 3.05) is 7.11 Å². The quantitative estimate of drug-likeness (QED) is 0.328. The minimum atomic E-state index is -0.567. The lowest BCUT2D eigenvalue weighted by Gasteiger charge is -2.04. The number of hydrazine groups is 1. The molecule has 1 rings (SSSR count). The number of nitro groups is 1. The highest BCUT2D eigenvalue weighted by atomic mass is 16.6. The van der Waals surface area contributed by atoms with Gasteiger partial charge in [-0.2, -0.15) is 0 Å². The smallest absolute Gasteiger partial charge is 0.311 e. The molecule has 0 saturated carbocycles. The van der Waals surface area contributed by atoms with Gasteiger partial charge < -0.3 is 4.74 Å². The van der Waals surface area contributed by atoms with E-state index in [4.69, 9.17) is 10.6 Å². The maximum absolute atomic E-state index is 11.0. The first kappa shape index (κ1) is 11.9. The second kappa shape index (κ2) is 5.08. The Bertz CT molecular complexity index is 419. The molecule has 86 valence electrons. The van der Waals surface area contributed by atoms with Crippen LogP contribution in [0.3, 0.4) is 0 Å². The summed E-state index contributed by atoms with van der Waals surface area (Å²) in [4.78, 5) is 21.1. The Morgan fingerprint density at radius 2 is 2.31 bits per heavy atom. The SMILES string of the molecule is COc1ccc(CC(=O)NN)cc1[N+](=O)[O-]. The third-order valence-corrected chi connectivity index (χ3v) is 1.97. The molecule has 1 aromatic rings. The van der Waals surface area contributed by atoms with Crippen LogP contribution in [-0.2, 0) is 11.2 Å². The first-order valence-electron chi connectivity index (χ1n) is 4.39. The van der Waals surface area contributed by atoms with Gasteiger partial charge in [-0.15, -0.1) is 0 Å². The molecule has 3 N–H and O–H groups in total. The number of amides is 1. The van der Waals surface area contributed by atoms with Crippen molar-refractivity contribution in [1.29, 1.82) is 0 Å². The Morgan fingerprint density at radius 3 is 2.81 bits per heavy atom. The number of nitrogens with one attached hydrogen (secondary N) is 1. The molecular formula is C9H11N3O4. The number of nitrogens with two attached hydrogens (primary N) is 1. The fraction of sp³-hybridized carbons (Fsp3) is 0.222. The van der Waals surface area contributed by atoms with Gasteiger partial charge in [-0.05, 0) is 11.6 Å². The molecule has 0 aliphatic rings. The van der Waals surface area contributed by atoms with Gasteiger partial charge in [0.15, 0.2) is 5.75 Å². The zero-order valence-corrected chi connectivity index (χ0v) is 8.60. The van der Waals surface area contributed by atoms with Crippen LogP contribution in [0.1, 0.15) is 5.56 Å². The van der Waals surface area contributed by atoms with Gasteiger partial charge in [0.25, 0.3) is 0 Å². The third kappa shape index (κ3) is 2.67. The Balaban J connectivity index is 3.02. The van der Waals surface area contributed by atoms with Crippen LogP contribution in [0.15, 0.2) is 18.2 Å². The molecule has 0 aromatic heterocycles. The summed E-state index contributed by atoms with van der Waals surface area (Å²) < 4.78 is 4.83. The molecule has 0 saturated heterocycles. The largest absolute Gasteiger partial charge is 0.490 e. The molecule has 0 spiro atoms. The molecule has 1 aromatic carbocycles. The summed E-state index contributed by atoms with van der Waals surface area (Å²) in [7, 11) is 1.34. The normalized spacial score (nSPS) is 9.62. The molecule has 7 nitrogen and oxygen atoms in total. The molecule has 7 heteroatoms. The Kier molecular flexibility index (Phi) is 3.78. The van der Waals surface area contributed by atoms with E-state index in [1.807, 2.05) is 5.43 Å². The van der Waals surface area contributed by atoms with Crippen LogP contribution in [0.4, 0.5) is 5.69 Å². The molecule has 16 heavy (non-hydrogen) atoms. The van der Waals surface area contributed by atoms with E-state index in [9.17, 15) is 14.9 Å². The van der Waals surface area contributed by atoms with E-state index >= 15 is 0 Å². The molecule has 0 aliphatic heterocycles. The van der Waals surface area contributed by atoms with Crippen molar-refractivity contribution in [3.05, 3.63) is 33.9 Å². The van der Waals surface area contributed by atoms with Gasteiger partial charge in [0.1, 0.15) is 0 Å². The first-order valence-corrected chi connectivity index (χ1v) is 4.39. The minimum absolute atomic E-state index is 0.0126. The highest BCUT2D eigenvalue weighted by Crippen LogP contribution is 2.27. The van der Waals surface area contributed by atoms with Crippen molar-refractivity contribution in [2.24, 2.45) is 5.84 Å². The summed E-state index contributed by atoms with van der Waals surface area (Å²) in [6, 6.07) is 4.30. The average Bonchev–Trinajstić information content (AvgIpc) is 2.28. The number of carbonyl (C=O) groups is 1. The molecule has 1 amide bonds. The van der Waals surface area contributed by atoms with E-state index < -0.39 is 10.8 Å². The maximum atomic E-state index is 11.0. The third-order valence-electron chi connectivity index (χ3n) is 1.97. The standard InChI is InChI=1S/C9H11N3O4/c1-16-8-3-2-6(5-9(13)11-10)4-7(8)12(14)15/h2-4H,5,10H2,1H3,(H,11,13). The summed E-state index contributed by atoms with van der Waals surface area (Å²) in [5.74, 6) is 4.65. The second-order valence-corrected chi connectivity index (χ2v) is 3.01. The van der Waals surface area contributed by atoms with E-state index in [0.29, 0.717) is 5.56 Å². The highest BCUT2D eigenvalue weighted by Gasteiger charge is 2.15. The number of methoxy groups -OCH3 is 1. The van der Waals surface area contributed by atoms with Gasteiger partial charge in [0.05, 0.1) is 18.5 Å². The second-order valence-electron chi connectivity index (χ2n) is 3.01. The Morgan fingerprint density at radius 1 is 1.62 bits per heavy atom. The van der Waals surface area contributed by atoms with Crippen LogP contribution in [0.25, 0.3) is 0 Å². The monoisotopic (exact) mass is 225 g/mol. The fourth-order valence-corrected chi connectivity index (χ4v) is 1.22. The van der Waals surface area contributed by atoms with Crippen molar-refractivity contribution in [3.8, 4) is 5.75 Å². The zero-order valence-electron chi connectivity index (χ0n) is 8.60. The van der Waals surface area contributed by atoms with Crippen molar-refractivity contribution in [2.45, 2.75) is 6.42 Å². The summed E-state index contributed by atoms with van der Waals surface area (Å²) in [6.45, 7) is 0. The lowest BCUT2D eigenvalue weighted by atomic mass is 10.1. The molecular weight excluding hydrogens is 214 g/mol. The van der Waals surface area contributed by atoms with E-state index in [1.165, 1.54) is 19.2 Å². The molecule has 0 fully saturated rings. The van der Waals surface area contributed by atoms with Gasteiger partial charge in [-0.1, -0.05) is 6.07 Å². The summed E-state index contributed by atoms with van der Waals surface area (Å²) in [5, 5.41) is 10.7. The van der Waals surface area contributed by atoms with Crippen molar-refractivity contribution in [3.63, 3.8) is 0 Å². The molecule has 0 atom stereocenters. The number of nitrogens with zero attached hydrogens (tertiary/aromatic N) is 1. The number of rotatable bonds is 4. The predicted molar refractivity (Wildman–Crippen MR) is 55.7 cm³/mol. The van der Waals surface area contributed by atoms with Crippen LogP contribution in [-0.4, -0.2) is 17.9 Å². The number of carbonyl (C=O) groups excluding carboxylic acids is 1. The average molecular weight is 225 g/mol. The van der Waals surface area contributed by atoms with E-state index in [-0.39, 0.29) is 17.9 Å². The first-order chi connectivity index (χ1) is 7.58. The van der Waals surface area contributed by atoms with Crippen LogP contribution in [0.2, 0.25) is 0 Å². The van der Waals surface area contributed by atoms with Crippen LogP contribution >= 0.6 is 0 Å². The van der Waals surface area contributed by atoms with Gasteiger partial charge in [0, 0.05) is 6.07 Å². The van der Waals surface area contributed by atoms with Gasteiger partial charge in [-0.25, -0.2) is 5.84 Å². The lowest BCUT2D eigenvalue weighted by Crippen LogP contribution is -2.31. The minimum Gasteiger partial charge on any atom is -0.490 e. The Hall–Kier alpha value is -2.15. The van der Waals surface area contributed by atoms with Crippen molar-refractivity contribution in [1.82, 2.24) is 5.43 Å². The molecule has 0 heterocycles. The van der Waals surface area contributed by atoms with Gasteiger partial charge in [0.2, 0.25) is 5.91 Å². The Labute approximate surface area is 91.3 Å². The molecule has 0 radical (unpaired) electrons. The van der Waals surface area contributed by atoms with E-state index in [0.717, 1.165) is 0 Å². The van der Waals surface area contributed by atoms with E-state index in [2.05, 4.69) is 0 Å². The van der Waals surface area contributed by atoms with Crippen LogP contribution < -0.4 is 16.0 Å². The summed E-state index contributed by atoms with van der Waals surface area (Å²) >= 11 is 0. The highest BCUT2D eigenvalue weighted by molar-refractivity contribution is 5.78. The summed E-state index contributed by atoms with van der Waals surface area (Å²) in [6.07, 6.45) is -0.0126. The summed E-state index contributed by atoms with van der Waals surface area (Å²) in [5.41, 5.74) is 2.27. The number of nitro benzene ring substituents is 1. The van der Waals surface area contributed by atoms with Gasteiger partial charge >= 0.3 is 5.69 Å². The predicted octanol–water partition coefficient (Wildman–Crippen LogP) is 0.136. The van der Waals surface area contributed by atoms with E-state index in [1.54, 1.807) is 6.07 Å². The molecule has 0 unspecified atom stereocenters. The number of ether oxygens (including phenoxy) is 1. The van der Waals surface area contributed by atoms with Gasteiger partial charge in [-0.3, -0.25) is 20.3 Å². The lowest BCUT2D eigenvalue weighted by molar-refractivity contribution is -0.385. The number of hydrogen-bond donors (Lipinski definition) is 2. The fourth-order valence-electron chi connectivity index (χ4n) is 1.22. The topological polar surface area (TPSA) is 107 Å². The van der Waals surface area contributed by atoms with Crippen LogP contribution in [0, 0.1) is 10.1 Å². The number of hydrogen-bond acceptors (Lipinski definition) is 5. The van der Waals surface area contributed by atoms with Crippen molar-refractivity contribution >= 4 is 11.6 Å². The van der Waals surface area contributed by atoms with Crippen LogP contribution in [0.5, 0.6) is 5.75 Å². The zero-order chi connectivity index (χ0) is 12.1. The molecule has 0 bridgehead atoms. The van der Waals surface area contributed by atoms with Crippen molar-refractivity contribution < 1.29 is 14.5 Å².